The van der Waals surface area contributed by atoms with Crippen molar-refractivity contribution in [2.75, 3.05) is 17.7 Å². The van der Waals surface area contributed by atoms with Crippen molar-refractivity contribution in [1.82, 2.24) is 20.3 Å². The molecule has 3 heterocycles. The SMILES string of the molecule is CCSC(C)(C)NC(=O)O[C@H]1CO[C@@H](c2cnc(Nc3ccnc(S(N)(=O)=O)c3)nc2)C1. The monoisotopic (exact) mass is 482 g/mol. The Balaban J connectivity index is 1.55. The van der Waals surface area contributed by atoms with Gasteiger partial charge in [-0.2, -0.15) is 0 Å². The van der Waals surface area contributed by atoms with E-state index in [9.17, 15) is 13.2 Å². The molecule has 2 aromatic rings. The van der Waals surface area contributed by atoms with Crippen molar-refractivity contribution in [3.05, 3.63) is 36.3 Å². The van der Waals surface area contributed by atoms with Gasteiger partial charge in [0.25, 0.3) is 10.0 Å². The molecule has 0 aliphatic carbocycles. The number of primary sulfonamides is 1. The van der Waals surface area contributed by atoms with Gasteiger partial charge in [-0.1, -0.05) is 6.92 Å². The van der Waals surface area contributed by atoms with Crippen LogP contribution in [-0.4, -0.2) is 52.8 Å². The highest BCUT2D eigenvalue weighted by molar-refractivity contribution is 8.00. The molecule has 2 atom stereocenters. The third-order valence-electron chi connectivity index (χ3n) is 4.47. The number of sulfonamides is 1. The van der Waals surface area contributed by atoms with Crippen LogP contribution in [-0.2, 0) is 19.5 Å². The lowest BCUT2D eigenvalue weighted by molar-refractivity contribution is 0.0684. The lowest BCUT2D eigenvalue weighted by Gasteiger charge is -2.25. The largest absolute Gasteiger partial charge is 0.444 e. The van der Waals surface area contributed by atoms with E-state index in [4.69, 9.17) is 14.6 Å². The van der Waals surface area contributed by atoms with Crippen molar-refractivity contribution >= 4 is 39.5 Å². The van der Waals surface area contributed by atoms with Gasteiger partial charge in [-0.05, 0) is 25.7 Å². The normalized spacial score (nSPS) is 18.9. The molecule has 0 unspecified atom stereocenters. The molecule has 1 aliphatic rings. The molecule has 11 nitrogen and oxygen atoms in total. The van der Waals surface area contributed by atoms with Crippen LogP contribution in [0.15, 0.2) is 35.7 Å². The van der Waals surface area contributed by atoms with Gasteiger partial charge in [-0.25, -0.2) is 33.3 Å². The minimum atomic E-state index is -3.91. The zero-order chi connectivity index (χ0) is 23.4. The molecule has 0 spiro atoms. The molecule has 4 N–H and O–H groups in total. The minimum Gasteiger partial charge on any atom is -0.444 e. The first kappa shape index (κ1) is 24.2. The number of hydrogen-bond acceptors (Lipinski definition) is 10. The lowest BCUT2D eigenvalue weighted by atomic mass is 10.1. The number of carbonyl (C=O) groups is 1. The Bertz CT molecular complexity index is 1050. The number of anilines is 2. The Hall–Kier alpha value is -2.48. The smallest absolute Gasteiger partial charge is 0.408 e. The van der Waals surface area contributed by atoms with Gasteiger partial charge in [0, 0.05) is 42.3 Å². The van der Waals surface area contributed by atoms with Crippen LogP contribution in [0.5, 0.6) is 0 Å². The van der Waals surface area contributed by atoms with E-state index in [2.05, 4.69) is 25.6 Å². The zero-order valence-corrected chi connectivity index (χ0v) is 19.6. The number of nitrogens with zero attached hydrogens (tertiary/aromatic N) is 3. The average Bonchev–Trinajstić information content (AvgIpc) is 3.16. The number of hydrogen-bond donors (Lipinski definition) is 3. The fourth-order valence-electron chi connectivity index (χ4n) is 3.08. The number of pyridine rings is 1. The highest BCUT2D eigenvalue weighted by Gasteiger charge is 2.31. The third-order valence-corrected chi connectivity index (χ3v) is 6.39. The second-order valence-electron chi connectivity index (χ2n) is 7.55. The summed E-state index contributed by atoms with van der Waals surface area (Å²) < 4.78 is 34.1. The number of rotatable bonds is 8. The Kier molecular flexibility index (Phi) is 7.54. The van der Waals surface area contributed by atoms with Gasteiger partial charge in [0.15, 0.2) is 5.03 Å². The van der Waals surface area contributed by atoms with E-state index in [1.165, 1.54) is 12.3 Å². The summed E-state index contributed by atoms with van der Waals surface area (Å²) in [4.78, 5) is 23.9. The number of amides is 1. The highest BCUT2D eigenvalue weighted by atomic mass is 32.2. The summed E-state index contributed by atoms with van der Waals surface area (Å²) in [5, 5.41) is 10.6. The van der Waals surface area contributed by atoms with Crippen molar-refractivity contribution in [2.45, 2.75) is 49.3 Å². The summed E-state index contributed by atoms with van der Waals surface area (Å²) >= 11 is 1.62. The van der Waals surface area contributed by atoms with Crippen LogP contribution in [0, 0.1) is 0 Å². The number of alkyl carbamates (subject to hydrolysis) is 1. The molecule has 0 aromatic carbocycles. The van der Waals surface area contributed by atoms with E-state index in [0.717, 1.165) is 11.3 Å². The maximum absolute atomic E-state index is 12.2. The zero-order valence-electron chi connectivity index (χ0n) is 17.9. The third kappa shape index (κ3) is 6.76. The van der Waals surface area contributed by atoms with Crippen molar-refractivity contribution < 1.29 is 22.7 Å². The number of thioether (sulfide) groups is 1. The molecular weight excluding hydrogens is 456 g/mol. The number of carbonyl (C=O) groups excluding carboxylic acids is 1. The van der Waals surface area contributed by atoms with Gasteiger partial charge < -0.3 is 20.1 Å². The van der Waals surface area contributed by atoms with Gasteiger partial charge in [0.05, 0.1) is 17.6 Å². The van der Waals surface area contributed by atoms with E-state index >= 15 is 0 Å². The Morgan fingerprint density at radius 2 is 2.06 bits per heavy atom. The van der Waals surface area contributed by atoms with Gasteiger partial charge in [-0.3, -0.25) is 0 Å². The maximum Gasteiger partial charge on any atom is 0.408 e. The summed E-state index contributed by atoms with van der Waals surface area (Å²) in [7, 11) is -3.91. The van der Waals surface area contributed by atoms with Crippen molar-refractivity contribution in [1.29, 1.82) is 0 Å². The summed E-state index contributed by atoms with van der Waals surface area (Å²) in [5.74, 6) is 1.14. The first-order valence-electron chi connectivity index (χ1n) is 9.88. The van der Waals surface area contributed by atoms with E-state index in [1.807, 2.05) is 20.8 Å². The molecular formula is C19H26N6O5S2. The second kappa shape index (κ2) is 9.98. The first-order chi connectivity index (χ1) is 15.1. The van der Waals surface area contributed by atoms with Crippen LogP contribution in [0.3, 0.4) is 0 Å². The number of ether oxygens (including phenoxy) is 2. The highest BCUT2D eigenvalue weighted by Crippen LogP contribution is 2.30. The molecule has 174 valence electrons. The molecule has 1 amide bonds. The molecule has 0 saturated carbocycles. The van der Waals surface area contributed by atoms with E-state index in [0.29, 0.717) is 12.1 Å². The molecule has 1 fully saturated rings. The Labute approximate surface area is 191 Å². The van der Waals surface area contributed by atoms with Gasteiger partial charge in [-0.15, -0.1) is 11.8 Å². The molecule has 13 heteroatoms. The number of nitrogens with one attached hydrogen (secondary N) is 2. The topological polar surface area (TPSA) is 158 Å². The average molecular weight is 483 g/mol. The quantitative estimate of drug-likeness (QED) is 0.477. The van der Waals surface area contributed by atoms with Crippen LogP contribution < -0.4 is 15.8 Å². The van der Waals surface area contributed by atoms with Gasteiger partial charge in [0.2, 0.25) is 5.95 Å². The van der Waals surface area contributed by atoms with Gasteiger partial charge in [0.1, 0.15) is 6.10 Å². The fourth-order valence-corrected chi connectivity index (χ4v) is 4.45. The lowest BCUT2D eigenvalue weighted by Crippen LogP contribution is -2.42. The molecule has 3 rings (SSSR count). The molecule has 2 aromatic heterocycles. The second-order valence-corrected chi connectivity index (χ2v) is 10.9. The Morgan fingerprint density at radius 3 is 2.72 bits per heavy atom. The van der Waals surface area contributed by atoms with E-state index in [-0.39, 0.29) is 29.8 Å². The molecule has 32 heavy (non-hydrogen) atoms. The summed E-state index contributed by atoms with van der Waals surface area (Å²) in [5.41, 5.74) is 1.17. The molecule has 0 radical (unpaired) electrons. The predicted molar refractivity (Wildman–Crippen MR) is 120 cm³/mol. The number of nitrogens with two attached hydrogens (primary N) is 1. The Morgan fingerprint density at radius 1 is 1.34 bits per heavy atom. The molecule has 1 aliphatic heterocycles. The van der Waals surface area contributed by atoms with E-state index in [1.54, 1.807) is 30.2 Å². The van der Waals surface area contributed by atoms with Crippen molar-refractivity contribution in [3.8, 4) is 0 Å². The van der Waals surface area contributed by atoms with Crippen molar-refractivity contribution in [2.24, 2.45) is 5.14 Å². The van der Waals surface area contributed by atoms with Crippen LogP contribution in [0.25, 0.3) is 0 Å². The molecule has 0 bridgehead atoms. The summed E-state index contributed by atoms with van der Waals surface area (Å²) in [6.45, 7) is 6.15. The number of aromatic nitrogens is 3. The standard InChI is InChI=1S/C19H26N6O5S2/c1-4-31-19(2,3)25-18(26)30-14-8-15(29-11-14)12-9-22-17(23-10-12)24-13-5-6-21-16(7-13)32(20,27)28/h5-7,9-10,14-15H,4,8,11H2,1-3H3,(H,25,26)(H2,20,27,28)(H,21,22,23,24)/t14-,15-/m1/s1. The van der Waals surface area contributed by atoms with Crippen LogP contribution >= 0.6 is 11.8 Å². The van der Waals surface area contributed by atoms with Crippen molar-refractivity contribution in [3.63, 3.8) is 0 Å². The summed E-state index contributed by atoms with van der Waals surface area (Å²) in [6, 6.07) is 2.86. The first-order valence-corrected chi connectivity index (χ1v) is 12.4. The molecule has 1 saturated heterocycles. The maximum atomic E-state index is 12.2. The predicted octanol–water partition coefficient (Wildman–Crippen LogP) is 2.31. The van der Waals surface area contributed by atoms with Crippen LogP contribution in [0.2, 0.25) is 0 Å². The van der Waals surface area contributed by atoms with Crippen LogP contribution in [0.1, 0.15) is 38.9 Å². The van der Waals surface area contributed by atoms with E-state index < -0.39 is 21.0 Å². The van der Waals surface area contributed by atoms with Crippen LogP contribution in [0.4, 0.5) is 16.4 Å². The van der Waals surface area contributed by atoms with Gasteiger partial charge >= 0.3 is 6.09 Å². The summed E-state index contributed by atoms with van der Waals surface area (Å²) in [6.07, 6.45) is 3.88. The fraction of sp³-hybridized carbons (Fsp3) is 0.474. The minimum absolute atomic E-state index is 0.259.